The first kappa shape index (κ1) is 18.4. The summed E-state index contributed by atoms with van der Waals surface area (Å²) in [5.41, 5.74) is 0.632. The van der Waals surface area contributed by atoms with E-state index in [4.69, 9.17) is 0 Å². The molecule has 0 aliphatic heterocycles. The van der Waals surface area contributed by atoms with Gasteiger partial charge in [0, 0.05) is 30.0 Å². The molecule has 0 spiro atoms. The van der Waals surface area contributed by atoms with Gasteiger partial charge in [-0.05, 0) is 30.7 Å². The number of thiophene rings is 1. The van der Waals surface area contributed by atoms with E-state index < -0.39 is 11.9 Å². The molecule has 1 aliphatic rings. The van der Waals surface area contributed by atoms with Crippen molar-refractivity contribution in [3.8, 4) is 0 Å². The molecule has 1 fully saturated rings. The van der Waals surface area contributed by atoms with Gasteiger partial charge < -0.3 is 15.7 Å². The fourth-order valence-electron chi connectivity index (χ4n) is 3.00. The third-order valence-corrected chi connectivity index (χ3v) is 5.01. The quantitative estimate of drug-likeness (QED) is 0.519. The Kier molecular flexibility index (Phi) is 7.24. The topological polar surface area (TPSA) is 95.5 Å². The van der Waals surface area contributed by atoms with Crippen molar-refractivity contribution in [3.63, 3.8) is 0 Å². The van der Waals surface area contributed by atoms with Crippen LogP contribution in [0.5, 0.6) is 0 Å². The van der Waals surface area contributed by atoms with Crippen LogP contribution in [0, 0.1) is 5.92 Å². The highest BCUT2D eigenvalue weighted by atomic mass is 32.1. The first-order valence-electron chi connectivity index (χ1n) is 8.40. The van der Waals surface area contributed by atoms with E-state index in [1.807, 2.05) is 5.38 Å². The molecule has 2 rings (SSSR count). The van der Waals surface area contributed by atoms with E-state index in [0.29, 0.717) is 24.9 Å². The van der Waals surface area contributed by atoms with Crippen molar-refractivity contribution < 1.29 is 19.5 Å². The third kappa shape index (κ3) is 5.63. The summed E-state index contributed by atoms with van der Waals surface area (Å²) in [7, 11) is 0. The van der Waals surface area contributed by atoms with Crippen molar-refractivity contribution in [1.82, 2.24) is 10.6 Å². The SMILES string of the molecule is O=C(CCCNC(=O)c1ccsc1)N[C@H]1CCCCC[C@H]1C(=O)O. The standard InChI is InChI=1S/C17H24N2O4S/c20-15(7-4-9-18-16(21)12-8-10-24-11-12)19-14-6-3-1-2-5-13(14)17(22)23/h8,10-11,13-14H,1-7,9H2,(H,18,21)(H,19,20)(H,22,23)/t13-,14+/m1/s1. The zero-order valence-electron chi connectivity index (χ0n) is 13.6. The number of carbonyl (C=O) groups excluding carboxylic acids is 2. The van der Waals surface area contributed by atoms with Gasteiger partial charge >= 0.3 is 5.97 Å². The maximum Gasteiger partial charge on any atom is 0.308 e. The molecule has 0 radical (unpaired) electrons. The second-order valence-electron chi connectivity index (χ2n) is 6.13. The second kappa shape index (κ2) is 9.42. The molecule has 6 nitrogen and oxygen atoms in total. The lowest BCUT2D eigenvalue weighted by Crippen LogP contribution is -2.43. The Morgan fingerprint density at radius 2 is 2.00 bits per heavy atom. The fourth-order valence-corrected chi connectivity index (χ4v) is 3.64. The van der Waals surface area contributed by atoms with Crippen LogP contribution in [0.1, 0.15) is 55.3 Å². The van der Waals surface area contributed by atoms with Crippen molar-refractivity contribution in [3.05, 3.63) is 22.4 Å². The Morgan fingerprint density at radius 3 is 2.71 bits per heavy atom. The summed E-state index contributed by atoms with van der Waals surface area (Å²) in [6.45, 7) is 0.426. The van der Waals surface area contributed by atoms with Crippen LogP contribution < -0.4 is 10.6 Å². The lowest BCUT2D eigenvalue weighted by atomic mass is 9.94. The van der Waals surface area contributed by atoms with Crippen molar-refractivity contribution in [1.29, 1.82) is 0 Å². The highest BCUT2D eigenvalue weighted by Gasteiger charge is 2.30. The number of carboxylic acid groups (broad SMARTS) is 1. The van der Waals surface area contributed by atoms with Crippen LogP contribution in [-0.2, 0) is 9.59 Å². The van der Waals surface area contributed by atoms with Crippen LogP contribution in [0.3, 0.4) is 0 Å². The molecular formula is C17H24N2O4S. The molecule has 1 heterocycles. The Labute approximate surface area is 145 Å². The van der Waals surface area contributed by atoms with Crippen molar-refractivity contribution in [2.45, 2.75) is 51.0 Å². The van der Waals surface area contributed by atoms with Crippen LogP contribution >= 0.6 is 11.3 Å². The fraction of sp³-hybridized carbons (Fsp3) is 0.588. The highest BCUT2D eigenvalue weighted by molar-refractivity contribution is 7.08. The lowest BCUT2D eigenvalue weighted by molar-refractivity contribution is -0.143. The molecule has 0 saturated heterocycles. The number of rotatable bonds is 7. The number of carbonyl (C=O) groups is 3. The molecule has 1 aliphatic carbocycles. The van der Waals surface area contributed by atoms with Gasteiger partial charge in [-0.15, -0.1) is 0 Å². The van der Waals surface area contributed by atoms with E-state index in [1.54, 1.807) is 11.4 Å². The van der Waals surface area contributed by atoms with Crippen LogP contribution in [0.15, 0.2) is 16.8 Å². The monoisotopic (exact) mass is 352 g/mol. The smallest absolute Gasteiger partial charge is 0.308 e. The van der Waals surface area contributed by atoms with Gasteiger partial charge in [-0.25, -0.2) is 0 Å². The minimum absolute atomic E-state index is 0.133. The van der Waals surface area contributed by atoms with Gasteiger partial charge in [0.15, 0.2) is 0 Å². The highest BCUT2D eigenvalue weighted by Crippen LogP contribution is 2.24. The summed E-state index contributed by atoms with van der Waals surface area (Å²) >= 11 is 1.46. The molecule has 1 aromatic heterocycles. The predicted octanol–water partition coefficient (Wildman–Crippen LogP) is 2.41. The molecule has 2 atom stereocenters. The van der Waals surface area contributed by atoms with E-state index in [0.717, 1.165) is 25.7 Å². The molecule has 1 aromatic rings. The number of nitrogens with one attached hydrogen (secondary N) is 2. The zero-order valence-corrected chi connectivity index (χ0v) is 14.4. The van der Waals surface area contributed by atoms with Gasteiger partial charge in [0.1, 0.15) is 0 Å². The number of aliphatic carboxylic acids is 1. The van der Waals surface area contributed by atoms with Crippen LogP contribution in [0.4, 0.5) is 0 Å². The molecule has 132 valence electrons. The molecule has 0 bridgehead atoms. The molecule has 0 aromatic carbocycles. The average Bonchev–Trinajstić information content (AvgIpc) is 2.98. The van der Waals surface area contributed by atoms with Crippen molar-refractivity contribution >= 4 is 29.1 Å². The largest absolute Gasteiger partial charge is 0.481 e. The van der Waals surface area contributed by atoms with E-state index >= 15 is 0 Å². The maximum atomic E-state index is 12.0. The molecule has 3 N–H and O–H groups in total. The van der Waals surface area contributed by atoms with Gasteiger partial charge in [-0.3, -0.25) is 14.4 Å². The van der Waals surface area contributed by atoms with E-state index in [-0.39, 0.29) is 24.3 Å². The summed E-state index contributed by atoms with van der Waals surface area (Å²) in [5, 5.41) is 18.6. The van der Waals surface area contributed by atoms with Gasteiger partial charge in [0.2, 0.25) is 5.91 Å². The molecule has 0 unspecified atom stereocenters. The summed E-state index contributed by atoms with van der Waals surface area (Å²) in [4.78, 5) is 35.2. The lowest BCUT2D eigenvalue weighted by Gasteiger charge is -2.22. The molecule has 1 saturated carbocycles. The second-order valence-corrected chi connectivity index (χ2v) is 6.91. The number of hydrogen-bond acceptors (Lipinski definition) is 4. The summed E-state index contributed by atoms with van der Waals surface area (Å²) in [6.07, 6.45) is 5.03. The Hall–Kier alpha value is -1.89. The minimum Gasteiger partial charge on any atom is -0.481 e. The van der Waals surface area contributed by atoms with E-state index in [1.165, 1.54) is 11.3 Å². The van der Waals surface area contributed by atoms with Gasteiger partial charge in [0.05, 0.1) is 5.92 Å². The van der Waals surface area contributed by atoms with Crippen LogP contribution in [0.25, 0.3) is 0 Å². The van der Waals surface area contributed by atoms with Gasteiger partial charge in [-0.2, -0.15) is 11.3 Å². The Balaban J connectivity index is 1.70. The van der Waals surface area contributed by atoms with Gasteiger partial charge in [-0.1, -0.05) is 19.3 Å². The normalized spacial score (nSPS) is 20.8. The summed E-state index contributed by atoms with van der Waals surface area (Å²) in [6, 6.07) is 1.48. The Bertz CT molecular complexity index is 559. The number of carboxylic acids is 1. The zero-order chi connectivity index (χ0) is 17.4. The molecule has 24 heavy (non-hydrogen) atoms. The van der Waals surface area contributed by atoms with Gasteiger partial charge in [0.25, 0.3) is 5.91 Å². The summed E-state index contributed by atoms with van der Waals surface area (Å²) < 4.78 is 0. The van der Waals surface area contributed by atoms with Crippen molar-refractivity contribution in [2.75, 3.05) is 6.54 Å². The Morgan fingerprint density at radius 1 is 1.21 bits per heavy atom. The van der Waals surface area contributed by atoms with E-state index in [9.17, 15) is 19.5 Å². The third-order valence-electron chi connectivity index (χ3n) is 4.33. The van der Waals surface area contributed by atoms with Crippen molar-refractivity contribution in [2.24, 2.45) is 5.92 Å². The van der Waals surface area contributed by atoms with Crippen LogP contribution in [0.2, 0.25) is 0 Å². The summed E-state index contributed by atoms with van der Waals surface area (Å²) in [5.74, 6) is -1.59. The predicted molar refractivity (Wildman–Crippen MR) is 92.0 cm³/mol. The van der Waals surface area contributed by atoms with E-state index in [2.05, 4.69) is 10.6 Å². The van der Waals surface area contributed by atoms with Crippen LogP contribution in [-0.4, -0.2) is 35.5 Å². The maximum absolute atomic E-state index is 12.0. The first-order valence-corrected chi connectivity index (χ1v) is 9.35. The molecule has 7 heteroatoms. The molecule has 2 amide bonds. The average molecular weight is 352 g/mol. The number of hydrogen-bond donors (Lipinski definition) is 3. The minimum atomic E-state index is -0.828. The first-order chi connectivity index (χ1) is 11.6. The number of amides is 2. The molecular weight excluding hydrogens is 328 g/mol.